The van der Waals surface area contributed by atoms with Crippen LogP contribution in [0.25, 0.3) is 6.08 Å². The molecule has 0 aliphatic carbocycles. The Morgan fingerprint density at radius 2 is 2.35 bits per heavy atom. The second-order valence-electron chi connectivity index (χ2n) is 3.93. The number of carbonyl (C=O) groups is 1. The average molecular weight is 250 g/mol. The number of hydrogen-bond acceptors (Lipinski definition) is 3. The van der Waals surface area contributed by atoms with E-state index in [0.29, 0.717) is 13.1 Å². The van der Waals surface area contributed by atoms with E-state index < -0.39 is 0 Å². The zero-order chi connectivity index (χ0) is 12.8. The van der Waals surface area contributed by atoms with Gasteiger partial charge < -0.3 is 4.90 Å². The number of hydrogen-bond donors (Lipinski definition) is 0. The Hall–Kier alpha value is -1.42. The smallest absolute Gasteiger partial charge is 0.246 e. The van der Waals surface area contributed by atoms with Crippen molar-refractivity contribution in [2.24, 2.45) is 0 Å². The largest absolute Gasteiger partial charge is 0.335 e. The Morgan fingerprint density at radius 1 is 1.65 bits per heavy atom. The molecule has 0 N–H and O–H groups in total. The van der Waals surface area contributed by atoms with Crippen LogP contribution in [0.1, 0.15) is 24.5 Å². The fraction of sp³-hybridized carbons (Fsp3) is 0.385. The molecule has 1 heterocycles. The first-order chi connectivity index (χ1) is 8.02. The quantitative estimate of drug-likeness (QED) is 0.594. The summed E-state index contributed by atoms with van der Waals surface area (Å²) in [4.78, 5) is 17.9. The molecule has 1 amide bonds. The minimum atomic E-state index is 0.00107. The fourth-order valence-corrected chi connectivity index (χ4v) is 1.97. The lowest BCUT2D eigenvalue weighted by Gasteiger charge is -2.18. The average Bonchev–Trinajstić information content (AvgIpc) is 2.68. The van der Waals surface area contributed by atoms with Crippen molar-refractivity contribution in [3.63, 3.8) is 0 Å². The normalized spacial score (nSPS) is 10.8. The van der Waals surface area contributed by atoms with Crippen molar-refractivity contribution in [3.05, 3.63) is 34.3 Å². The predicted molar refractivity (Wildman–Crippen MR) is 73.0 cm³/mol. The summed E-state index contributed by atoms with van der Waals surface area (Å²) in [6, 6.07) is 0. The molecule has 92 valence electrons. The van der Waals surface area contributed by atoms with Gasteiger partial charge in [0, 0.05) is 24.5 Å². The van der Waals surface area contributed by atoms with Crippen molar-refractivity contribution in [3.8, 4) is 0 Å². The van der Waals surface area contributed by atoms with E-state index in [1.165, 1.54) is 0 Å². The van der Waals surface area contributed by atoms with Crippen LogP contribution in [0.3, 0.4) is 0 Å². The number of likely N-dealkylation sites (N-methyl/N-ethyl adjacent to an activating group) is 1. The second-order valence-corrected chi connectivity index (χ2v) is 5.00. The molecular formula is C13H18N2OS. The maximum Gasteiger partial charge on any atom is 0.246 e. The zero-order valence-electron chi connectivity index (χ0n) is 10.6. The van der Waals surface area contributed by atoms with E-state index >= 15 is 0 Å². The molecule has 0 aliphatic heterocycles. The summed E-state index contributed by atoms with van der Waals surface area (Å²) in [5.41, 5.74) is 1.82. The molecule has 1 aromatic rings. The fourth-order valence-electron chi connectivity index (χ4n) is 1.39. The first-order valence-corrected chi connectivity index (χ1v) is 6.44. The highest BCUT2D eigenvalue weighted by atomic mass is 32.1. The SMILES string of the molecule is C=C(C)CN(CC)C(=O)C=Cc1csc(C)n1. The van der Waals surface area contributed by atoms with Crippen LogP contribution in [0, 0.1) is 6.92 Å². The van der Waals surface area contributed by atoms with Gasteiger partial charge in [0.15, 0.2) is 0 Å². The predicted octanol–water partition coefficient (Wildman–Crippen LogP) is 2.89. The number of amides is 1. The Morgan fingerprint density at radius 3 is 2.82 bits per heavy atom. The molecule has 3 nitrogen and oxygen atoms in total. The third kappa shape index (κ3) is 4.53. The van der Waals surface area contributed by atoms with E-state index in [9.17, 15) is 4.79 Å². The van der Waals surface area contributed by atoms with Gasteiger partial charge in [-0.1, -0.05) is 12.2 Å². The van der Waals surface area contributed by atoms with Crippen LogP contribution in [-0.2, 0) is 4.79 Å². The Bertz CT molecular complexity index is 434. The van der Waals surface area contributed by atoms with Gasteiger partial charge in [0.2, 0.25) is 5.91 Å². The Kier molecular flexibility index (Phi) is 5.10. The lowest BCUT2D eigenvalue weighted by atomic mass is 10.3. The monoisotopic (exact) mass is 250 g/mol. The zero-order valence-corrected chi connectivity index (χ0v) is 11.4. The van der Waals surface area contributed by atoms with Gasteiger partial charge in [0.05, 0.1) is 10.7 Å². The van der Waals surface area contributed by atoms with E-state index in [0.717, 1.165) is 16.3 Å². The van der Waals surface area contributed by atoms with Crippen molar-refractivity contribution >= 4 is 23.3 Å². The van der Waals surface area contributed by atoms with Crippen LogP contribution in [-0.4, -0.2) is 28.9 Å². The standard InChI is InChI=1S/C13H18N2OS/c1-5-15(8-10(2)3)13(16)7-6-12-9-17-11(4)14-12/h6-7,9H,2,5,8H2,1,3-4H3. The topological polar surface area (TPSA) is 33.2 Å². The molecule has 0 radical (unpaired) electrons. The summed E-state index contributed by atoms with van der Waals surface area (Å²) in [6.45, 7) is 10.9. The van der Waals surface area contributed by atoms with Gasteiger partial charge in [-0.05, 0) is 26.8 Å². The summed E-state index contributed by atoms with van der Waals surface area (Å²) in [7, 11) is 0. The molecule has 17 heavy (non-hydrogen) atoms. The molecule has 0 bridgehead atoms. The first kappa shape index (κ1) is 13.6. The molecule has 0 atom stereocenters. The van der Waals surface area contributed by atoms with Crippen LogP contribution in [0.4, 0.5) is 0 Å². The van der Waals surface area contributed by atoms with E-state index in [2.05, 4.69) is 11.6 Å². The molecule has 0 aromatic carbocycles. The van der Waals surface area contributed by atoms with Crippen molar-refractivity contribution in [1.82, 2.24) is 9.88 Å². The van der Waals surface area contributed by atoms with Crippen molar-refractivity contribution < 1.29 is 4.79 Å². The molecule has 0 fully saturated rings. The molecule has 4 heteroatoms. The summed E-state index contributed by atoms with van der Waals surface area (Å²) < 4.78 is 0. The third-order valence-electron chi connectivity index (χ3n) is 2.19. The van der Waals surface area contributed by atoms with Gasteiger partial charge in [0.25, 0.3) is 0 Å². The summed E-state index contributed by atoms with van der Waals surface area (Å²) in [5.74, 6) is 0.00107. The van der Waals surface area contributed by atoms with Crippen LogP contribution in [0.5, 0.6) is 0 Å². The summed E-state index contributed by atoms with van der Waals surface area (Å²) >= 11 is 1.58. The highest BCUT2D eigenvalue weighted by Gasteiger charge is 2.07. The van der Waals surface area contributed by atoms with Crippen molar-refractivity contribution in [2.45, 2.75) is 20.8 Å². The van der Waals surface area contributed by atoms with Crippen LogP contribution in [0.2, 0.25) is 0 Å². The highest BCUT2D eigenvalue weighted by Crippen LogP contribution is 2.09. The molecule has 1 rings (SSSR count). The molecule has 0 aliphatic rings. The number of rotatable bonds is 5. The molecule has 0 saturated heterocycles. The van der Waals surface area contributed by atoms with Crippen molar-refractivity contribution in [2.75, 3.05) is 13.1 Å². The molecular weight excluding hydrogens is 232 g/mol. The number of thiazole rings is 1. The van der Waals surface area contributed by atoms with Crippen LogP contribution in [0.15, 0.2) is 23.6 Å². The lowest BCUT2D eigenvalue weighted by molar-refractivity contribution is -0.125. The number of aryl methyl sites for hydroxylation is 1. The molecule has 0 spiro atoms. The van der Waals surface area contributed by atoms with Crippen LogP contribution >= 0.6 is 11.3 Å². The molecule has 1 aromatic heterocycles. The number of carbonyl (C=O) groups excluding carboxylic acids is 1. The van der Waals surface area contributed by atoms with Gasteiger partial charge in [-0.15, -0.1) is 11.3 Å². The summed E-state index contributed by atoms with van der Waals surface area (Å²) in [5, 5.41) is 2.94. The lowest BCUT2D eigenvalue weighted by Crippen LogP contribution is -2.30. The van der Waals surface area contributed by atoms with Crippen molar-refractivity contribution in [1.29, 1.82) is 0 Å². The maximum atomic E-state index is 11.9. The van der Waals surface area contributed by atoms with Crippen LogP contribution < -0.4 is 0 Å². The Labute approximate surface area is 106 Å². The van der Waals surface area contributed by atoms with Gasteiger partial charge in [-0.25, -0.2) is 4.98 Å². The van der Waals surface area contributed by atoms with Gasteiger partial charge in [0.1, 0.15) is 0 Å². The van der Waals surface area contributed by atoms with E-state index in [1.807, 2.05) is 26.2 Å². The van der Waals surface area contributed by atoms with E-state index in [1.54, 1.807) is 28.4 Å². The third-order valence-corrected chi connectivity index (χ3v) is 2.98. The second kappa shape index (κ2) is 6.35. The number of aromatic nitrogens is 1. The van der Waals surface area contributed by atoms with E-state index in [4.69, 9.17) is 0 Å². The number of nitrogens with zero attached hydrogens (tertiary/aromatic N) is 2. The van der Waals surface area contributed by atoms with E-state index in [-0.39, 0.29) is 5.91 Å². The Balaban J connectivity index is 2.63. The minimum Gasteiger partial charge on any atom is -0.335 e. The first-order valence-electron chi connectivity index (χ1n) is 5.56. The van der Waals surface area contributed by atoms with Gasteiger partial charge in [-0.3, -0.25) is 4.79 Å². The highest BCUT2D eigenvalue weighted by molar-refractivity contribution is 7.09. The van der Waals surface area contributed by atoms with Gasteiger partial charge >= 0.3 is 0 Å². The minimum absolute atomic E-state index is 0.00107. The molecule has 0 saturated carbocycles. The maximum absolute atomic E-state index is 11.9. The molecule has 0 unspecified atom stereocenters. The van der Waals surface area contributed by atoms with Gasteiger partial charge in [-0.2, -0.15) is 0 Å². The summed E-state index contributed by atoms with van der Waals surface area (Å²) in [6.07, 6.45) is 3.33.